The summed E-state index contributed by atoms with van der Waals surface area (Å²) in [5.41, 5.74) is 0.305. The van der Waals surface area contributed by atoms with Gasteiger partial charge in [0, 0.05) is 26.2 Å². The summed E-state index contributed by atoms with van der Waals surface area (Å²) in [5.74, 6) is -5.05. The Balaban J connectivity index is 1.21. The van der Waals surface area contributed by atoms with Gasteiger partial charge in [0.25, 0.3) is 0 Å². The fourth-order valence-corrected chi connectivity index (χ4v) is 6.85. The summed E-state index contributed by atoms with van der Waals surface area (Å²) in [7, 11) is 0. The predicted molar refractivity (Wildman–Crippen MR) is 259 cm³/mol. The summed E-state index contributed by atoms with van der Waals surface area (Å²) in [6, 6.07) is 9.03. The van der Waals surface area contributed by atoms with Gasteiger partial charge in [0.1, 0.15) is 39.6 Å². The van der Waals surface area contributed by atoms with Crippen LogP contribution in [-0.4, -0.2) is 263 Å². The number of nitrogens with zero attached hydrogens (tertiary/aromatic N) is 3. The van der Waals surface area contributed by atoms with Crippen LogP contribution < -0.4 is 29.6 Å². The van der Waals surface area contributed by atoms with Gasteiger partial charge in [-0.25, -0.2) is 9.59 Å². The number of hydrogen-bond acceptors (Lipinski definition) is 22. The first kappa shape index (κ1) is 61.1. The maximum Gasteiger partial charge on any atom is 0.338 e. The maximum atomic E-state index is 12.9. The second kappa shape index (κ2) is 36.5. The van der Waals surface area contributed by atoms with Gasteiger partial charge in [-0.1, -0.05) is 0 Å². The van der Waals surface area contributed by atoms with Gasteiger partial charge in [-0.2, -0.15) is 0 Å². The minimum atomic E-state index is -1.26. The molecule has 27 heteroatoms. The number of hydrogen-bond donors (Lipinski definition) is 5. The minimum Gasteiger partial charge on any atom is -0.487 e. The third-order valence-corrected chi connectivity index (χ3v) is 10.4. The third kappa shape index (κ3) is 27.1. The fraction of sp³-hybridized carbons (Fsp3) is 0.604. The lowest BCUT2D eigenvalue weighted by molar-refractivity contribution is -0.141. The average Bonchev–Trinajstić information content (AvgIpc) is 3.38. The Morgan fingerprint density at radius 1 is 0.400 bits per heavy atom. The summed E-state index contributed by atoms with van der Waals surface area (Å²) in [4.78, 5) is 90.8. The number of nitrogens with one attached hydrogen (secondary N) is 2. The van der Waals surface area contributed by atoms with Crippen molar-refractivity contribution in [2.45, 2.75) is 0 Å². The fourth-order valence-electron chi connectivity index (χ4n) is 6.85. The first-order chi connectivity index (χ1) is 36.4. The van der Waals surface area contributed by atoms with E-state index < -0.39 is 74.4 Å². The molecule has 27 nitrogen and oxygen atoms in total. The zero-order valence-electron chi connectivity index (χ0n) is 41.9. The van der Waals surface area contributed by atoms with Gasteiger partial charge in [-0.15, -0.1) is 0 Å². The Bertz CT molecular complexity index is 1950. The first-order valence-electron chi connectivity index (χ1n) is 24.3. The van der Waals surface area contributed by atoms with E-state index in [1.807, 2.05) is 0 Å². The molecule has 2 aliphatic heterocycles. The molecule has 0 aromatic heterocycles. The molecule has 2 aromatic rings. The number of carboxylic acids is 3. The van der Waals surface area contributed by atoms with Crippen LogP contribution in [0.15, 0.2) is 36.4 Å². The van der Waals surface area contributed by atoms with Crippen LogP contribution in [0, 0.1) is 0 Å². The van der Waals surface area contributed by atoms with Crippen molar-refractivity contribution in [1.29, 1.82) is 0 Å². The highest BCUT2D eigenvalue weighted by molar-refractivity contribution is 5.91. The topological polar surface area (TPSA) is 325 Å². The molecule has 2 heterocycles. The number of ether oxygens (including phenoxy) is 12. The third-order valence-electron chi connectivity index (χ3n) is 10.4. The Kier molecular flexibility index (Phi) is 29.7. The van der Waals surface area contributed by atoms with Crippen molar-refractivity contribution in [2.75, 3.05) is 191 Å². The molecule has 75 heavy (non-hydrogen) atoms. The maximum absolute atomic E-state index is 12.9. The highest BCUT2D eigenvalue weighted by Crippen LogP contribution is 2.30. The number of aliphatic carboxylic acids is 3. The number of rotatable bonds is 24. The van der Waals surface area contributed by atoms with Crippen molar-refractivity contribution in [1.82, 2.24) is 25.3 Å². The number of fused-ring (bicyclic) bond motifs is 2. The Labute approximate surface area is 433 Å². The zero-order chi connectivity index (χ0) is 53.9. The molecule has 0 saturated carbocycles. The number of esters is 2. The lowest BCUT2D eigenvalue weighted by Gasteiger charge is -2.28. The van der Waals surface area contributed by atoms with Gasteiger partial charge >= 0.3 is 29.8 Å². The Morgan fingerprint density at radius 2 is 0.693 bits per heavy atom. The highest BCUT2D eigenvalue weighted by Gasteiger charge is 2.21. The molecule has 2 aliphatic rings. The summed E-state index contributed by atoms with van der Waals surface area (Å²) in [6.45, 7) is 1.57. The van der Waals surface area contributed by atoms with Crippen LogP contribution >= 0.6 is 0 Å². The van der Waals surface area contributed by atoms with Crippen LogP contribution in [0.5, 0.6) is 23.0 Å². The molecule has 4 rings (SSSR count). The molecule has 0 atom stereocenters. The quantitative estimate of drug-likeness (QED) is 0.0605. The van der Waals surface area contributed by atoms with E-state index >= 15 is 0 Å². The van der Waals surface area contributed by atoms with Gasteiger partial charge in [-0.3, -0.25) is 38.7 Å². The monoisotopic (exact) mass is 1070 g/mol. The summed E-state index contributed by atoms with van der Waals surface area (Å²) < 4.78 is 66.6. The summed E-state index contributed by atoms with van der Waals surface area (Å²) in [5, 5.41) is 33.9. The van der Waals surface area contributed by atoms with E-state index in [4.69, 9.17) is 56.8 Å². The van der Waals surface area contributed by atoms with Crippen molar-refractivity contribution in [3.05, 3.63) is 47.5 Å². The molecular weight excluding hydrogens is 999 g/mol. The summed E-state index contributed by atoms with van der Waals surface area (Å²) >= 11 is 0. The van der Waals surface area contributed by atoms with E-state index in [0.717, 1.165) is 0 Å². The lowest BCUT2D eigenvalue weighted by Crippen LogP contribution is -2.47. The van der Waals surface area contributed by atoms with Crippen LogP contribution in [-0.2, 0) is 61.9 Å². The zero-order valence-corrected chi connectivity index (χ0v) is 41.9. The number of amides is 2. The van der Waals surface area contributed by atoms with Crippen molar-refractivity contribution in [2.24, 2.45) is 0 Å². The number of carboxylic acid groups (broad SMARTS) is 3. The van der Waals surface area contributed by atoms with Gasteiger partial charge in [0.05, 0.1) is 136 Å². The molecule has 0 saturated heterocycles. The van der Waals surface area contributed by atoms with E-state index in [-0.39, 0.29) is 115 Å². The first-order valence-corrected chi connectivity index (χ1v) is 24.3. The molecule has 2 amide bonds. The van der Waals surface area contributed by atoms with E-state index in [1.165, 1.54) is 39.0 Å². The van der Waals surface area contributed by atoms with E-state index in [0.29, 0.717) is 77.6 Å². The van der Waals surface area contributed by atoms with Crippen molar-refractivity contribution in [3.63, 3.8) is 0 Å². The molecule has 0 unspecified atom stereocenters. The molecule has 2 aromatic carbocycles. The number of benzene rings is 2. The highest BCUT2D eigenvalue weighted by atomic mass is 16.6. The molecule has 0 radical (unpaired) electrons. The molecular formula is C48H69N5O22. The second-order valence-corrected chi connectivity index (χ2v) is 16.2. The van der Waals surface area contributed by atoms with Crippen molar-refractivity contribution in [3.8, 4) is 23.0 Å². The van der Waals surface area contributed by atoms with Crippen LogP contribution in [0.25, 0.3) is 0 Å². The van der Waals surface area contributed by atoms with Crippen molar-refractivity contribution >= 4 is 41.7 Å². The molecule has 418 valence electrons. The molecule has 0 spiro atoms. The number of carbonyl (C=O) groups excluding carboxylic acids is 4. The van der Waals surface area contributed by atoms with E-state index in [9.17, 15) is 48.9 Å². The normalized spacial score (nSPS) is 15.5. The molecule has 0 aliphatic carbocycles. The van der Waals surface area contributed by atoms with E-state index in [1.54, 1.807) is 12.1 Å². The molecule has 5 N–H and O–H groups in total. The van der Waals surface area contributed by atoms with Gasteiger partial charge in [0.15, 0.2) is 23.0 Å². The standard InChI is InChI=1S/C48H69N5O22/c54-42(49-5-11-74-47(62)36-1-3-38-40(29-36)72-27-23-68-19-15-64-13-17-66-21-25-70-38)31-52(34-45(58)59)9-7-51(33-44(56)57)8-10-53(35-46(60)61)32-43(55)50-6-12-75-48(63)37-2-4-39-41(30-37)73-28-24-69-20-16-65-14-18-67-22-26-71-39/h1-4,29-30H,5-28,31-35H2,(H,49,54)(H,50,55)(H,56,57)(H,58,59)(H,60,61). The number of carbonyl (C=O) groups is 7. The molecule has 0 bridgehead atoms. The van der Waals surface area contributed by atoms with Gasteiger partial charge < -0.3 is 82.8 Å². The van der Waals surface area contributed by atoms with Crippen LogP contribution in [0.1, 0.15) is 20.7 Å². The second-order valence-electron chi connectivity index (χ2n) is 16.2. The SMILES string of the molecule is O=C(O)CN(CCN(CC(=O)O)CC(=O)NCCOC(=O)c1ccc2c(c1)OCCOCCOCCOCCO2)CCN(CC(=O)O)CC(=O)NCCOC(=O)c1ccc2c(c1)OCCOCCOCCOCCO2. The van der Waals surface area contributed by atoms with Crippen LogP contribution in [0.3, 0.4) is 0 Å². The molecule has 0 fully saturated rings. The summed E-state index contributed by atoms with van der Waals surface area (Å²) in [6.07, 6.45) is 0. The predicted octanol–water partition coefficient (Wildman–Crippen LogP) is -1.27. The lowest BCUT2D eigenvalue weighted by atomic mass is 10.2. The van der Waals surface area contributed by atoms with Crippen molar-refractivity contribution < 1.29 is 106 Å². The average molecular weight is 1070 g/mol. The van der Waals surface area contributed by atoms with Gasteiger partial charge in [0.2, 0.25) is 11.8 Å². The minimum absolute atomic E-state index is 0.0587. The van der Waals surface area contributed by atoms with Crippen LogP contribution in [0.2, 0.25) is 0 Å². The largest absolute Gasteiger partial charge is 0.487 e. The van der Waals surface area contributed by atoms with Gasteiger partial charge in [-0.05, 0) is 36.4 Å². The van der Waals surface area contributed by atoms with E-state index in [2.05, 4.69) is 10.6 Å². The Morgan fingerprint density at radius 3 is 1.03 bits per heavy atom. The smallest absolute Gasteiger partial charge is 0.338 e. The van der Waals surface area contributed by atoms with Crippen LogP contribution in [0.4, 0.5) is 0 Å². The Hall–Kier alpha value is -6.43.